The molecule has 0 heterocycles. The van der Waals surface area contributed by atoms with Crippen LogP contribution in [0.1, 0.15) is 44.5 Å². The Balaban J connectivity index is 3.50. The fraction of sp³-hybridized carbons (Fsp3) is 0.421. The van der Waals surface area contributed by atoms with Crippen LogP contribution in [-0.4, -0.2) is 48.9 Å². The Morgan fingerprint density at radius 1 is 0.812 bits per heavy atom. The number of nitrogens with one attached hydrogen (secondary N) is 3. The van der Waals surface area contributed by atoms with Crippen LogP contribution in [0, 0.1) is 10.7 Å². The van der Waals surface area contributed by atoms with E-state index in [1.807, 2.05) is 67.8 Å². The van der Waals surface area contributed by atoms with Gasteiger partial charge in [-0.05, 0) is 81.6 Å². The fourth-order valence-electron chi connectivity index (χ4n) is 2.49. The van der Waals surface area contributed by atoms with Crippen LogP contribution in [-0.2, 0) is 28.7 Å². The van der Waals surface area contributed by atoms with E-state index in [0.717, 1.165) is 0 Å². The summed E-state index contributed by atoms with van der Waals surface area (Å²) in [5, 5.41) is 7.85. The zero-order valence-corrected chi connectivity index (χ0v) is 24.2. The second-order valence-corrected chi connectivity index (χ2v) is 9.45. The van der Waals surface area contributed by atoms with Gasteiger partial charge in [0.25, 0.3) is 5.91 Å². The summed E-state index contributed by atoms with van der Waals surface area (Å²) in [5.41, 5.74) is 0.800. The van der Waals surface area contributed by atoms with E-state index in [-0.39, 0.29) is 30.6 Å². The van der Waals surface area contributed by atoms with Gasteiger partial charge in [-0.3, -0.25) is 19.2 Å². The molecule has 0 saturated heterocycles. The summed E-state index contributed by atoms with van der Waals surface area (Å²) in [7, 11) is 0. The number of hydrogen-bond acceptors (Lipinski definition) is 7. The van der Waals surface area contributed by atoms with Crippen molar-refractivity contribution in [3.8, 4) is 0 Å². The molecular weight excluding hydrogens is 763 g/mol. The van der Waals surface area contributed by atoms with Crippen molar-refractivity contribution in [2.24, 2.45) is 0 Å². The molecule has 1 atom stereocenters. The third-order valence-corrected chi connectivity index (χ3v) is 6.93. The SMILES string of the molecule is CCOC(=O)C[C@H](NC(=O)c1c(I)c(NC(C)=O)c(I)c(NC(C)=O)c1I)C(=O)OCC. The summed E-state index contributed by atoms with van der Waals surface area (Å²) in [5.74, 6) is -2.87. The summed E-state index contributed by atoms with van der Waals surface area (Å²) in [4.78, 5) is 60.9. The summed E-state index contributed by atoms with van der Waals surface area (Å²) < 4.78 is 11.2. The van der Waals surface area contributed by atoms with E-state index < -0.39 is 30.3 Å². The van der Waals surface area contributed by atoms with Crippen LogP contribution in [0.15, 0.2) is 0 Å². The standard InChI is InChI=1S/C19H22I3N3O7/c1-5-31-11(28)7-10(19(30)32-6-2)25-18(29)12-13(20)16(23-8(3)26)15(22)17(14(12)21)24-9(4)27/h10H,5-7H2,1-4H3,(H,23,26)(H,24,27)(H,25,29)/t10-/m0/s1. The van der Waals surface area contributed by atoms with Crippen LogP contribution in [0.25, 0.3) is 0 Å². The maximum atomic E-state index is 13.2. The van der Waals surface area contributed by atoms with Crippen LogP contribution in [0.2, 0.25) is 0 Å². The van der Waals surface area contributed by atoms with Crippen molar-refractivity contribution in [1.29, 1.82) is 0 Å². The van der Waals surface area contributed by atoms with Gasteiger partial charge in [0.05, 0.1) is 47.3 Å². The predicted molar refractivity (Wildman–Crippen MR) is 142 cm³/mol. The highest BCUT2D eigenvalue weighted by atomic mass is 127. The summed E-state index contributed by atoms with van der Waals surface area (Å²) in [6, 6.07) is -1.28. The Morgan fingerprint density at radius 2 is 1.28 bits per heavy atom. The lowest BCUT2D eigenvalue weighted by Gasteiger charge is -2.21. The van der Waals surface area contributed by atoms with Crippen molar-refractivity contribution in [1.82, 2.24) is 5.32 Å². The van der Waals surface area contributed by atoms with Crippen molar-refractivity contribution >= 4 is 109 Å². The molecule has 3 amide bonds. The molecule has 1 rings (SSSR count). The molecule has 1 aromatic rings. The topological polar surface area (TPSA) is 140 Å². The normalized spacial score (nSPS) is 11.2. The van der Waals surface area contributed by atoms with Crippen molar-refractivity contribution < 1.29 is 33.4 Å². The highest BCUT2D eigenvalue weighted by Crippen LogP contribution is 2.39. The molecule has 0 spiro atoms. The van der Waals surface area contributed by atoms with Gasteiger partial charge in [0.15, 0.2) is 0 Å². The van der Waals surface area contributed by atoms with Gasteiger partial charge in [0.1, 0.15) is 6.04 Å². The maximum absolute atomic E-state index is 13.2. The molecule has 0 bridgehead atoms. The van der Waals surface area contributed by atoms with Gasteiger partial charge in [-0.2, -0.15) is 0 Å². The molecule has 176 valence electrons. The Morgan fingerprint density at radius 3 is 1.69 bits per heavy atom. The van der Waals surface area contributed by atoms with E-state index in [1.165, 1.54) is 13.8 Å². The zero-order valence-electron chi connectivity index (χ0n) is 17.7. The monoisotopic (exact) mass is 785 g/mol. The van der Waals surface area contributed by atoms with Crippen molar-refractivity contribution in [3.05, 3.63) is 16.3 Å². The van der Waals surface area contributed by atoms with Gasteiger partial charge in [0.2, 0.25) is 11.8 Å². The molecule has 0 aromatic heterocycles. The quantitative estimate of drug-likeness (QED) is 0.259. The third kappa shape index (κ3) is 7.96. The second kappa shape index (κ2) is 13.5. The lowest BCUT2D eigenvalue weighted by atomic mass is 10.1. The first kappa shape index (κ1) is 28.8. The minimum atomic E-state index is -1.28. The van der Waals surface area contributed by atoms with Crippen LogP contribution in [0.4, 0.5) is 11.4 Å². The van der Waals surface area contributed by atoms with Gasteiger partial charge in [-0.15, -0.1) is 0 Å². The highest BCUT2D eigenvalue weighted by Gasteiger charge is 2.30. The number of rotatable bonds is 9. The van der Waals surface area contributed by atoms with E-state index in [2.05, 4.69) is 16.0 Å². The average Bonchev–Trinajstić information content (AvgIpc) is 2.68. The highest BCUT2D eigenvalue weighted by molar-refractivity contribution is 14.1. The third-order valence-electron chi connectivity index (χ3n) is 3.70. The predicted octanol–water partition coefficient (Wildman–Crippen LogP) is 3.03. The number of benzene rings is 1. The molecule has 13 heteroatoms. The first-order valence-corrected chi connectivity index (χ1v) is 12.6. The molecular formula is C19H22I3N3O7. The molecule has 0 unspecified atom stereocenters. The maximum Gasteiger partial charge on any atom is 0.329 e. The number of ether oxygens (including phenoxy) is 2. The lowest BCUT2D eigenvalue weighted by Crippen LogP contribution is -2.44. The molecule has 0 saturated carbocycles. The van der Waals surface area contributed by atoms with Crippen LogP contribution in [0.3, 0.4) is 0 Å². The van der Waals surface area contributed by atoms with Crippen LogP contribution in [0.5, 0.6) is 0 Å². The van der Waals surface area contributed by atoms with Gasteiger partial charge in [0, 0.05) is 13.8 Å². The number of amides is 3. The number of anilines is 2. The Kier molecular flexibility index (Phi) is 12.1. The first-order valence-electron chi connectivity index (χ1n) is 9.33. The van der Waals surface area contributed by atoms with Gasteiger partial charge < -0.3 is 25.4 Å². The molecule has 0 aliphatic carbocycles. The first-order chi connectivity index (χ1) is 14.9. The molecule has 10 nitrogen and oxygen atoms in total. The molecule has 0 aliphatic rings. The Labute approximate surface area is 226 Å². The van der Waals surface area contributed by atoms with Crippen molar-refractivity contribution in [2.45, 2.75) is 40.2 Å². The molecule has 1 aromatic carbocycles. The number of carbonyl (C=O) groups excluding carboxylic acids is 5. The smallest absolute Gasteiger partial charge is 0.329 e. The lowest BCUT2D eigenvalue weighted by molar-refractivity contribution is -0.152. The van der Waals surface area contributed by atoms with Crippen LogP contribution < -0.4 is 16.0 Å². The van der Waals surface area contributed by atoms with E-state index in [1.54, 1.807) is 13.8 Å². The van der Waals surface area contributed by atoms with E-state index in [4.69, 9.17) is 9.47 Å². The minimum absolute atomic E-state index is 0.0615. The minimum Gasteiger partial charge on any atom is -0.466 e. The van der Waals surface area contributed by atoms with Crippen LogP contribution >= 0.6 is 67.8 Å². The number of carbonyl (C=O) groups is 5. The molecule has 0 aliphatic heterocycles. The van der Waals surface area contributed by atoms with Crippen molar-refractivity contribution in [2.75, 3.05) is 23.8 Å². The van der Waals surface area contributed by atoms with E-state index in [0.29, 0.717) is 22.1 Å². The zero-order chi connectivity index (χ0) is 24.6. The van der Waals surface area contributed by atoms with Gasteiger partial charge in [-0.25, -0.2) is 4.79 Å². The molecule has 32 heavy (non-hydrogen) atoms. The summed E-state index contributed by atoms with van der Waals surface area (Å²) >= 11 is 5.78. The van der Waals surface area contributed by atoms with Gasteiger partial charge in [-0.1, -0.05) is 0 Å². The van der Waals surface area contributed by atoms with Gasteiger partial charge >= 0.3 is 11.9 Å². The number of hydrogen-bond donors (Lipinski definition) is 3. The number of esters is 2. The second-order valence-electron chi connectivity index (χ2n) is 6.22. The Hall–Kier alpha value is -1.24. The largest absolute Gasteiger partial charge is 0.466 e. The van der Waals surface area contributed by atoms with Crippen molar-refractivity contribution in [3.63, 3.8) is 0 Å². The summed E-state index contributed by atoms with van der Waals surface area (Å²) in [6.45, 7) is 6.04. The molecule has 0 radical (unpaired) electrons. The average molecular weight is 785 g/mol. The Bertz CT molecular complexity index is 894. The van der Waals surface area contributed by atoms with E-state index >= 15 is 0 Å². The number of halogens is 3. The molecule has 3 N–H and O–H groups in total. The molecule has 0 fully saturated rings. The summed E-state index contributed by atoms with van der Waals surface area (Å²) in [6.07, 6.45) is -0.410. The van der Waals surface area contributed by atoms with E-state index in [9.17, 15) is 24.0 Å². The fourth-order valence-corrected chi connectivity index (χ4v) is 6.68.